The molecular weight excluding hydrogens is 254 g/mol. The third-order valence-corrected chi connectivity index (χ3v) is 2.72. The van der Waals surface area contributed by atoms with Crippen LogP contribution in [0.25, 0.3) is 0 Å². The number of para-hydroxylation sites is 1. The Kier molecular flexibility index (Phi) is 5.69. The molecule has 3 N–H and O–H groups in total. The molecule has 0 aliphatic rings. The fraction of sp³-hybridized carbons (Fsp3) is 0.462. The summed E-state index contributed by atoms with van der Waals surface area (Å²) in [5, 5.41) is 2.71. The lowest BCUT2D eigenvalue weighted by atomic mass is 10.0. The van der Waals surface area contributed by atoms with Gasteiger partial charge in [-0.05, 0) is 18.1 Å². The highest BCUT2D eigenvalue weighted by Gasteiger charge is 2.19. The lowest BCUT2D eigenvalue weighted by Crippen LogP contribution is -2.43. The number of nitrogens with one attached hydrogen (secondary N) is 1. The van der Waals surface area contributed by atoms with Crippen LogP contribution in [0.3, 0.4) is 0 Å². The highest BCUT2D eigenvalue weighted by molar-refractivity contribution is 5.97. The standard InChI is InChI=1S/C13H18F2N2O2/c1-8(2)10(7-16)17-12(18)9-5-3-4-6-11(9)19-13(14)15/h3-6,8,10,13H,7,16H2,1-2H3,(H,17,18). The fourth-order valence-electron chi connectivity index (χ4n) is 1.60. The van der Waals surface area contributed by atoms with E-state index in [1.807, 2.05) is 13.8 Å². The molecular formula is C13H18F2N2O2. The number of nitrogens with two attached hydrogens (primary N) is 1. The Bertz CT molecular complexity index is 425. The molecule has 0 heterocycles. The topological polar surface area (TPSA) is 64.3 Å². The zero-order valence-corrected chi connectivity index (χ0v) is 10.9. The first-order valence-corrected chi connectivity index (χ1v) is 6.00. The van der Waals surface area contributed by atoms with Gasteiger partial charge < -0.3 is 15.8 Å². The van der Waals surface area contributed by atoms with Crippen LogP contribution in [-0.4, -0.2) is 25.1 Å². The van der Waals surface area contributed by atoms with E-state index in [1.165, 1.54) is 18.2 Å². The Hall–Kier alpha value is -1.69. The zero-order chi connectivity index (χ0) is 14.4. The average molecular weight is 272 g/mol. The molecule has 0 aliphatic carbocycles. The van der Waals surface area contributed by atoms with Gasteiger partial charge in [0.1, 0.15) is 5.75 Å². The summed E-state index contributed by atoms with van der Waals surface area (Å²) in [6.45, 7) is 1.14. The first kappa shape index (κ1) is 15.4. The van der Waals surface area contributed by atoms with Crippen LogP contribution in [0.1, 0.15) is 24.2 Å². The van der Waals surface area contributed by atoms with E-state index in [4.69, 9.17) is 5.73 Å². The van der Waals surface area contributed by atoms with E-state index in [2.05, 4.69) is 10.1 Å². The molecule has 1 rings (SSSR count). The average Bonchev–Trinajstić information content (AvgIpc) is 2.35. The molecule has 0 bridgehead atoms. The second-order valence-corrected chi connectivity index (χ2v) is 4.43. The van der Waals surface area contributed by atoms with E-state index in [1.54, 1.807) is 6.07 Å². The van der Waals surface area contributed by atoms with Crippen molar-refractivity contribution in [2.45, 2.75) is 26.5 Å². The van der Waals surface area contributed by atoms with Gasteiger partial charge in [0, 0.05) is 12.6 Å². The van der Waals surface area contributed by atoms with E-state index in [-0.39, 0.29) is 29.8 Å². The predicted octanol–water partition coefficient (Wildman–Crippen LogP) is 2.00. The largest absolute Gasteiger partial charge is 0.434 e. The van der Waals surface area contributed by atoms with Gasteiger partial charge in [-0.2, -0.15) is 8.78 Å². The first-order chi connectivity index (χ1) is 8.95. The second kappa shape index (κ2) is 7.04. The Labute approximate surface area is 110 Å². The number of hydrogen-bond donors (Lipinski definition) is 2. The third-order valence-electron chi connectivity index (χ3n) is 2.72. The summed E-state index contributed by atoms with van der Waals surface area (Å²) in [4.78, 5) is 12.0. The molecule has 0 aromatic heterocycles. The van der Waals surface area contributed by atoms with Gasteiger partial charge in [-0.25, -0.2) is 0 Å². The minimum absolute atomic E-state index is 0.0712. The van der Waals surface area contributed by atoms with Crippen molar-refractivity contribution in [2.75, 3.05) is 6.54 Å². The summed E-state index contributed by atoms with van der Waals surface area (Å²) in [5.74, 6) is -0.466. The highest BCUT2D eigenvalue weighted by atomic mass is 19.3. The molecule has 4 nitrogen and oxygen atoms in total. The Morgan fingerprint density at radius 1 is 1.37 bits per heavy atom. The summed E-state index contributed by atoms with van der Waals surface area (Å²) >= 11 is 0. The molecule has 1 amide bonds. The molecule has 106 valence electrons. The normalized spacial score (nSPS) is 12.6. The van der Waals surface area contributed by atoms with Crippen molar-refractivity contribution in [2.24, 2.45) is 11.7 Å². The molecule has 1 aromatic carbocycles. The molecule has 0 fully saturated rings. The number of carbonyl (C=O) groups is 1. The zero-order valence-electron chi connectivity index (χ0n) is 10.9. The van der Waals surface area contributed by atoms with Gasteiger partial charge in [-0.3, -0.25) is 4.79 Å². The van der Waals surface area contributed by atoms with Crippen molar-refractivity contribution < 1.29 is 18.3 Å². The van der Waals surface area contributed by atoms with Crippen molar-refractivity contribution in [3.8, 4) is 5.75 Å². The number of rotatable bonds is 6. The van der Waals surface area contributed by atoms with Crippen LogP contribution in [0, 0.1) is 5.92 Å². The number of benzene rings is 1. The van der Waals surface area contributed by atoms with Crippen molar-refractivity contribution in [1.29, 1.82) is 0 Å². The summed E-state index contributed by atoms with van der Waals surface area (Å²) in [6, 6.07) is 5.65. The van der Waals surface area contributed by atoms with E-state index < -0.39 is 12.5 Å². The van der Waals surface area contributed by atoms with Gasteiger partial charge in [-0.1, -0.05) is 26.0 Å². The lowest BCUT2D eigenvalue weighted by molar-refractivity contribution is -0.0501. The SMILES string of the molecule is CC(C)C(CN)NC(=O)c1ccccc1OC(F)F. The molecule has 0 saturated heterocycles. The number of halogens is 2. The van der Waals surface area contributed by atoms with Crippen LogP contribution in [0.2, 0.25) is 0 Å². The minimum atomic E-state index is -2.97. The van der Waals surface area contributed by atoms with Crippen LogP contribution >= 0.6 is 0 Å². The molecule has 0 radical (unpaired) electrons. The van der Waals surface area contributed by atoms with Crippen LogP contribution in [-0.2, 0) is 0 Å². The smallest absolute Gasteiger partial charge is 0.387 e. The lowest BCUT2D eigenvalue weighted by Gasteiger charge is -2.21. The van der Waals surface area contributed by atoms with E-state index in [9.17, 15) is 13.6 Å². The van der Waals surface area contributed by atoms with Gasteiger partial charge in [0.05, 0.1) is 5.56 Å². The highest BCUT2D eigenvalue weighted by Crippen LogP contribution is 2.20. The van der Waals surface area contributed by atoms with Gasteiger partial charge in [0.2, 0.25) is 0 Å². The van der Waals surface area contributed by atoms with Crippen LogP contribution < -0.4 is 15.8 Å². The van der Waals surface area contributed by atoms with Gasteiger partial charge >= 0.3 is 6.61 Å². The van der Waals surface area contributed by atoms with E-state index in [0.717, 1.165) is 0 Å². The van der Waals surface area contributed by atoms with Crippen molar-refractivity contribution in [1.82, 2.24) is 5.32 Å². The van der Waals surface area contributed by atoms with Crippen LogP contribution in [0.15, 0.2) is 24.3 Å². The summed E-state index contributed by atoms with van der Waals surface area (Å²) in [5.41, 5.74) is 5.62. The maximum Gasteiger partial charge on any atom is 0.387 e. The summed E-state index contributed by atoms with van der Waals surface area (Å²) in [6.07, 6.45) is 0. The number of carbonyl (C=O) groups excluding carboxylic acids is 1. The molecule has 0 saturated carbocycles. The molecule has 6 heteroatoms. The monoisotopic (exact) mass is 272 g/mol. The predicted molar refractivity (Wildman–Crippen MR) is 68.2 cm³/mol. The van der Waals surface area contributed by atoms with Crippen molar-refractivity contribution in [3.05, 3.63) is 29.8 Å². The van der Waals surface area contributed by atoms with Gasteiger partial charge in [0.25, 0.3) is 5.91 Å². The Morgan fingerprint density at radius 2 is 2.00 bits per heavy atom. The van der Waals surface area contributed by atoms with Gasteiger partial charge in [0.15, 0.2) is 0 Å². The van der Waals surface area contributed by atoms with Crippen molar-refractivity contribution in [3.63, 3.8) is 0 Å². The van der Waals surface area contributed by atoms with Crippen molar-refractivity contribution >= 4 is 5.91 Å². The molecule has 0 aliphatic heterocycles. The maximum absolute atomic E-state index is 12.2. The molecule has 19 heavy (non-hydrogen) atoms. The number of ether oxygens (including phenoxy) is 1. The molecule has 0 spiro atoms. The van der Waals surface area contributed by atoms with Gasteiger partial charge in [-0.15, -0.1) is 0 Å². The maximum atomic E-state index is 12.2. The number of amides is 1. The fourth-order valence-corrected chi connectivity index (χ4v) is 1.60. The van der Waals surface area contributed by atoms with Crippen LogP contribution in [0.5, 0.6) is 5.75 Å². The summed E-state index contributed by atoms with van der Waals surface area (Å²) < 4.78 is 28.8. The van der Waals surface area contributed by atoms with Crippen LogP contribution in [0.4, 0.5) is 8.78 Å². The Balaban J connectivity index is 2.87. The molecule has 1 atom stereocenters. The quantitative estimate of drug-likeness (QED) is 0.832. The molecule has 1 aromatic rings. The van der Waals surface area contributed by atoms with E-state index >= 15 is 0 Å². The minimum Gasteiger partial charge on any atom is -0.434 e. The number of hydrogen-bond acceptors (Lipinski definition) is 3. The first-order valence-electron chi connectivity index (χ1n) is 6.00. The summed E-state index contributed by atoms with van der Waals surface area (Å²) in [7, 11) is 0. The van der Waals surface area contributed by atoms with E-state index in [0.29, 0.717) is 0 Å². The Morgan fingerprint density at radius 3 is 2.53 bits per heavy atom. The number of alkyl halides is 2. The molecule has 1 unspecified atom stereocenters. The third kappa shape index (κ3) is 4.48. The second-order valence-electron chi connectivity index (χ2n) is 4.43.